The number of aromatic hydroxyl groups is 1. The number of alkyl halides is 3. The number of phenolic OH excluding ortho intramolecular Hbond substituents is 1. The molecular weight excluding hydrogens is 345 g/mol. The number of fused-ring (bicyclic) bond motifs is 1. The Balaban J connectivity index is 0.00000243. The fraction of sp³-hybridized carbons (Fsp3) is 0.158. The molecule has 4 nitrogen and oxygen atoms in total. The van der Waals surface area contributed by atoms with E-state index in [1.54, 1.807) is 18.2 Å². The number of nitrogens with zero attached hydrogens (tertiary/aromatic N) is 1. The molecule has 3 rings (SSSR count). The zero-order chi connectivity index (χ0) is 18.0. The van der Waals surface area contributed by atoms with Crippen LogP contribution in [0.3, 0.4) is 0 Å². The lowest BCUT2D eigenvalue weighted by Crippen LogP contribution is -2.23. The number of hydrogen-bond acceptors (Lipinski definition) is 3. The average Bonchev–Trinajstić information content (AvgIpc) is 2.60. The van der Waals surface area contributed by atoms with E-state index in [0.717, 1.165) is 12.1 Å². The highest BCUT2D eigenvalue weighted by molar-refractivity contribution is 6.02. The van der Waals surface area contributed by atoms with Gasteiger partial charge in [-0.25, -0.2) is 0 Å². The van der Waals surface area contributed by atoms with Crippen molar-refractivity contribution < 1.29 is 23.1 Å². The van der Waals surface area contributed by atoms with Crippen LogP contribution < -0.4 is 5.32 Å². The quantitative estimate of drug-likeness (QED) is 0.720. The highest BCUT2D eigenvalue weighted by atomic mass is 19.4. The number of carbonyl (C=O) groups is 1. The second-order valence-electron chi connectivity index (χ2n) is 5.42. The highest BCUT2D eigenvalue weighted by Crippen LogP contribution is 2.30. The zero-order valence-corrected chi connectivity index (χ0v) is 12.8. The van der Waals surface area contributed by atoms with Crippen LogP contribution in [0.5, 0.6) is 5.75 Å². The molecule has 1 aromatic heterocycles. The molecule has 0 atom stereocenters. The summed E-state index contributed by atoms with van der Waals surface area (Å²) in [5.41, 5.74) is -0.175. The van der Waals surface area contributed by atoms with Crippen LogP contribution in [0.2, 0.25) is 0 Å². The number of amides is 1. The van der Waals surface area contributed by atoms with Crippen LogP contribution in [-0.2, 0) is 12.7 Å². The zero-order valence-electron chi connectivity index (χ0n) is 12.8. The van der Waals surface area contributed by atoms with Crippen LogP contribution in [0, 0.1) is 0 Å². The molecule has 0 saturated heterocycles. The van der Waals surface area contributed by atoms with Gasteiger partial charge in [-0.05, 0) is 29.8 Å². The first-order valence-electron chi connectivity index (χ1n) is 7.37. The Morgan fingerprint density at radius 3 is 2.62 bits per heavy atom. The minimum absolute atomic E-state index is 0. The van der Waals surface area contributed by atoms with E-state index >= 15 is 0 Å². The van der Waals surface area contributed by atoms with Gasteiger partial charge < -0.3 is 10.4 Å². The lowest BCUT2D eigenvalue weighted by molar-refractivity contribution is -0.137. The fourth-order valence-electron chi connectivity index (χ4n) is 2.45. The first-order valence-corrected chi connectivity index (χ1v) is 7.37. The van der Waals surface area contributed by atoms with E-state index in [4.69, 9.17) is 0 Å². The monoisotopic (exact) mass is 362 g/mol. The molecule has 0 unspecified atom stereocenters. The van der Waals surface area contributed by atoms with Crippen molar-refractivity contribution in [1.29, 1.82) is 0 Å². The van der Waals surface area contributed by atoms with Crippen molar-refractivity contribution in [3.8, 4) is 5.75 Å². The van der Waals surface area contributed by atoms with Gasteiger partial charge in [0.2, 0.25) is 0 Å². The molecule has 1 heterocycles. The number of rotatable bonds is 3. The van der Waals surface area contributed by atoms with Gasteiger partial charge in [0.25, 0.3) is 5.91 Å². The Bertz CT molecular complexity index is 939. The van der Waals surface area contributed by atoms with Crippen molar-refractivity contribution in [3.05, 3.63) is 71.4 Å². The number of pyridine rings is 1. The Labute approximate surface area is 148 Å². The smallest absolute Gasteiger partial charge is 0.416 e. The minimum atomic E-state index is -4.44. The lowest BCUT2D eigenvalue weighted by Gasteiger charge is -2.11. The molecule has 0 radical (unpaired) electrons. The third kappa shape index (κ3) is 3.93. The molecule has 0 aliphatic carbocycles. The van der Waals surface area contributed by atoms with E-state index in [1.807, 2.05) is 0 Å². The van der Waals surface area contributed by atoms with Gasteiger partial charge in [-0.2, -0.15) is 13.2 Å². The molecule has 0 saturated carbocycles. The standard InChI is InChI=1S/C18H13F3N2O2.CH4/c19-18(20,21)13-5-1-3-11(9-13)10-23-17(25)14-7-6-12-4-2-8-22-15(12)16(14)24;/h1-9,24H,10H2,(H,23,25);1H4. The van der Waals surface area contributed by atoms with E-state index in [0.29, 0.717) is 10.9 Å². The Hall–Kier alpha value is -3.09. The van der Waals surface area contributed by atoms with Gasteiger partial charge >= 0.3 is 6.18 Å². The average molecular weight is 362 g/mol. The van der Waals surface area contributed by atoms with E-state index in [2.05, 4.69) is 10.3 Å². The van der Waals surface area contributed by atoms with Gasteiger partial charge in [0.05, 0.1) is 11.1 Å². The van der Waals surface area contributed by atoms with E-state index in [9.17, 15) is 23.1 Å². The number of phenols is 1. The molecule has 0 bridgehead atoms. The second kappa shape index (κ2) is 7.43. The fourth-order valence-corrected chi connectivity index (χ4v) is 2.45. The molecule has 3 aromatic rings. The van der Waals surface area contributed by atoms with Gasteiger partial charge in [0.15, 0.2) is 5.75 Å². The number of carbonyl (C=O) groups excluding carboxylic acids is 1. The van der Waals surface area contributed by atoms with Gasteiger partial charge in [-0.1, -0.05) is 31.7 Å². The third-order valence-corrected chi connectivity index (χ3v) is 3.70. The summed E-state index contributed by atoms with van der Waals surface area (Å²) in [5.74, 6) is -0.859. The summed E-state index contributed by atoms with van der Waals surface area (Å²) >= 11 is 0. The van der Waals surface area contributed by atoms with Crippen molar-refractivity contribution in [2.75, 3.05) is 0 Å². The summed E-state index contributed by atoms with van der Waals surface area (Å²) in [6.07, 6.45) is -2.95. The van der Waals surface area contributed by atoms with E-state index < -0.39 is 17.6 Å². The largest absolute Gasteiger partial charge is 0.505 e. The normalized spacial score (nSPS) is 11.0. The van der Waals surface area contributed by atoms with Crippen molar-refractivity contribution >= 4 is 16.8 Å². The van der Waals surface area contributed by atoms with Crippen LogP contribution >= 0.6 is 0 Å². The minimum Gasteiger partial charge on any atom is -0.505 e. The Morgan fingerprint density at radius 2 is 1.88 bits per heavy atom. The number of halogens is 3. The van der Waals surface area contributed by atoms with Gasteiger partial charge in [-0.15, -0.1) is 0 Å². The molecule has 0 spiro atoms. The topological polar surface area (TPSA) is 62.2 Å². The molecule has 136 valence electrons. The highest BCUT2D eigenvalue weighted by Gasteiger charge is 2.30. The van der Waals surface area contributed by atoms with Gasteiger partial charge in [0, 0.05) is 18.1 Å². The first kappa shape index (κ1) is 19.2. The molecule has 1 amide bonds. The maximum atomic E-state index is 12.7. The maximum absolute atomic E-state index is 12.7. The number of hydrogen-bond donors (Lipinski definition) is 2. The van der Waals surface area contributed by atoms with E-state index in [-0.39, 0.29) is 30.8 Å². The lowest BCUT2D eigenvalue weighted by atomic mass is 10.1. The van der Waals surface area contributed by atoms with E-state index in [1.165, 1.54) is 24.4 Å². The van der Waals surface area contributed by atoms with Crippen LogP contribution in [0.25, 0.3) is 10.9 Å². The summed E-state index contributed by atoms with van der Waals surface area (Å²) in [7, 11) is 0. The maximum Gasteiger partial charge on any atom is 0.416 e. The molecule has 0 aliphatic heterocycles. The van der Waals surface area contributed by atoms with Crippen LogP contribution in [0.4, 0.5) is 13.2 Å². The SMILES string of the molecule is C.O=C(NCc1cccc(C(F)(F)F)c1)c1ccc2cccnc2c1O. The third-order valence-electron chi connectivity index (χ3n) is 3.70. The number of nitrogens with one attached hydrogen (secondary N) is 1. The molecule has 2 aromatic carbocycles. The predicted octanol–water partition coefficient (Wildman–Crippen LogP) is 4.53. The van der Waals surface area contributed by atoms with Crippen LogP contribution in [0.15, 0.2) is 54.7 Å². The molecular formula is C19H17F3N2O2. The summed E-state index contributed by atoms with van der Waals surface area (Å²) in [4.78, 5) is 16.3. The summed E-state index contributed by atoms with van der Waals surface area (Å²) in [5, 5.41) is 13.4. The van der Waals surface area contributed by atoms with Gasteiger partial charge in [-0.3, -0.25) is 9.78 Å². The summed E-state index contributed by atoms with van der Waals surface area (Å²) in [6.45, 7) is -0.0948. The Kier molecular flexibility index (Phi) is 5.50. The first-order chi connectivity index (χ1) is 11.9. The second-order valence-corrected chi connectivity index (χ2v) is 5.42. The number of aromatic nitrogens is 1. The molecule has 0 aliphatic rings. The molecule has 7 heteroatoms. The number of benzene rings is 2. The van der Waals surface area contributed by atoms with Crippen molar-refractivity contribution in [2.45, 2.75) is 20.1 Å². The molecule has 2 N–H and O–H groups in total. The van der Waals surface area contributed by atoms with Crippen molar-refractivity contribution in [1.82, 2.24) is 10.3 Å². The molecule has 26 heavy (non-hydrogen) atoms. The Morgan fingerprint density at radius 1 is 1.12 bits per heavy atom. The summed E-state index contributed by atoms with van der Waals surface area (Å²) in [6, 6.07) is 11.2. The predicted molar refractivity (Wildman–Crippen MR) is 92.8 cm³/mol. The summed E-state index contributed by atoms with van der Waals surface area (Å²) < 4.78 is 38.1. The van der Waals surface area contributed by atoms with Crippen LogP contribution in [0.1, 0.15) is 28.9 Å². The van der Waals surface area contributed by atoms with Crippen molar-refractivity contribution in [3.63, 3.8) is 0 Å². The molecule has 0 fully saturated rings. The van der Waals surface area contributed by atoms with Crippen molar-refractivity contribution in [2.24, 2.45) is 0 Å². The van der Waals surface area contributed by atoms with Gasteiger partial charge in [0.1, 0.15) is 5.52 Å². The van der Waals surface area contributed by atoms with Crippen LogP contribution in [-0.4, -0.2) is 16.0 Å².